The van der Waals surface area contributed by atoms with E-state index in [0.29, 0.717) is 13.0 Å². The van der Waals surface area contributed by atoms with E-state index in [1.807, 2.05) is 6.92 Å². The van der Waals surface area contributed by atoms with Crippen LogP contribution in [0.3, 0.4) is 0 Å². The van der Waals surface area contributed by atoms with Crippen LogP contribution in [0.4, 0.5) is 0 Å². The monoisotopic (exact) mass is 217 g/mol. The molecule has 0 heterocycles. The molecule has 1 unspecified atom stereocenters. The van der Waals surface area contributed by atoms with Gasteiger partial charge in [0.15, 0.2) is 0 Å². The van der Waals surface area contributed by atoms with Crippen molar-refractivity contribution in [1.82, 2.24) is 0 Å². The molecule has 0 rings (SSSR count). The van der Waals surface area contributed by atoms with Gasteiger partial charge in [0.2, 0.25) is 0 Å². The van der Waals surface area contributed by atoms with Gasteiger partial charge in [-0.05, 0) is 26.0 Å². The number of hydrogen-bond donors (Lipinski definition) is 1. The van der Waals surface area contributed by atoms with Crippen LogP contribution in [0.15, 0.2) is 12.2 Å². The molecule has 0 spiro atoms. The van der Waals surface area contributed by atoms with E-state index in [9.17, 15) is 4.79 Å². The number of carbonyl (C=O) groups is 1. The molecule has 0 amide bonds. The predicted molar refractivity (Wildman–Crippen MR) is 61.4 cm³/mol. The standard InChI is InChI=1S/C10H19NO2S/c1-4-13-10(12)9(11)5-6-14-7-8(2)3/h9H,2,4-7,11H2,1,3H3. The van der Waals surface area contributed by atoms with Gasteiger partial charge in [0.25, 0.3) is 0 Å². The molecule has 0 aromatic heterocycles. The zero-order chi connectivity index (χ0) is 11.0. The molecule has 0 aromatic rings. The Labute approximate surface area is 90.1 Å². The van der Waals surface area contributed by atoms with Crippen LogP contribution in [0.25, 0.3) is 0 Å². The van der Waals surface area contributed by atoms with Gasteiger partial charge in [-0.3, -0.25) is 4.79 Å². The second kappa shape index (κ2) is 7.88. The van der Waals surface area contributed by atoms with Gasteiger partial charge in [0.05, 0.1) is 6.61 Å². The minimum atomic E-state index is -0.479. The molecule has 2 N–H and O–H groups in total. The van der Waals surface area contributed by atoms with Crippen LogP contribution in [0.5, 0.6) is 0 Å². The molecular formula is C10H19NO2S. The fourth-order valence-corrected chi connectivity index (χ4v) is 1.74. The van der Waals surface area contributed by atoms with Crippen LogP contribution in [0.1, 0.15) is 20.3 Å². The Bertz CT molecular complexity index is 195. The van der Waals surface area contributed by atoms with E-state index < -0.39 is 6.04 Å². The van der Waals surface area contributed by atoms with Gasteiger partial charge in [-0.1, -0.05) is 12.2 Å². The maximum atomic E-state index is 11.1. The van der Waals surface area contributed by atoms with Crippen molar-refractivity contribution < 1.29 is 9.53 Å². The lowest BCUT2D eigenvalue weighted by Gasteiger charge is -2.09. The molecule has 0 saturated carbocycles. The zero-order valence-electron chi connectivity index (χ0n) is 8.91. The van der Waals surface area contributed by atoms with Crippen LogP contribution in [0, 0.1) is 0 Å². The smallest absolute Gasteiger partial charge is 0.322 e. The Morgan fingerprint density at radius 1 is 1.64 bits per heavy atom. The average Bonchev–Trinajstić information content (AvgIpc) is 2.12. The van der Waals surface area contributed by atoms with Gasteiger partial charge < -0.3 is 10.5 Å². The third-order valence-corrected chi connectivity index (χ3v) is 2.73. The SMILES string of the molecule is C=C(C)CSCCC(N)C(=O)OCC. The van der Waals surface area contributed by atoms with Crippen LogP contribution in [0.2, 0.25) is 0 Å². The molecule has 0 saturated heterocycles. The summed E-state index contributed by atoms with van der Waals surface area (Å²) in [5.41, 5.74) is 6.75. The number of rotatable bonds is 7. The summed E-state index contributed by atoms with van der Waals surface area (Å²) in [4.78, 5) is 11.1. The van der Waals surface area contributed by atoms with Gasteiger partial charge in [0, 0.05) is 5.75 Å². The minimum absolute atomic E-state index is 0.302. The van der Waals surface area contributed by atoms with Crippen molar-refractivity contribution in [2.24, 2.45) is 5.73 Å². The lowest BCUT2D eigenvalue weighted by atomic mass is 10.2. The van der Waals surface area contributed by atoms with E-state index in [1.54, 1.807) is 18.7 Å². The minimum Gasteiger partial charge on any atom is -0.465 e. The Morgan fingerprint density at radius 3 is 2.79 bits per heavy atom. The normalized spacial score (nSPS) is 12.2. The number of hydrogen-bond acceptors (Lipinski definition) is 4. The van der Waals surface area contributed by atoms with Crippen LogP contribution in [-0.2, 0) is 9.53 Å². The van der Waals surface area contributed by atoms with Crippen LogP contribution in [-0.4, -0.2) is 30.1 Å². The highest BCUT2D eigenvalue weighted by molar-refractivity contribution is 7.99. The van der Waals surface area contributed by atoms with Gasteiger partial charge >= 0.3 is 5.97 Å². The largest absolute Gasteiger partial charge is 0.465 e. The molecule has 1 atom stereocenters. The van der Waals surface area contributed by atoms with E-state index >= 15 is 0 Å². The molecule has 82 valence electrons. The molecular weight excluding hydrogens is 198 g/mol. The molecule has 0 bridgehead atoms. The number of nitrogens with two attached hydrogens (primary N) is 1. The third kappa shape index (κ3) is 6.97. The van der Waals surface area contributed by atoms with Crippen molar-refractivity contribution in [3.05, 3.63) is 12.2 Å². The molecule has 0 aliphatic carbocycles. The Kier molecular flexibility index (Phi) is 7.61. The van der Waals surface area contributed by atoms with Gasteiger partial charge in [-0.25, -0.2) is 0 Å². The highest BCUT2D eigenvalue weighted by atomic mass is 32.2. The van der Waals surface area contributed by atoms with Gasteiger partial charge in [-0.2, -0.15) is 11.8 Å². The van der Waals surface area contributed by atoms with Crippen molar-refractivity contribution in [3.63, 3.8) is 0 Å². The van der Waals surface area contributed by atoms with E-state index in [1.165, 1.54) is 0 Å². The van der Waals surface area contributed by atoms with Crippen LogP contribution < -0.4 is 5.73 Å². The van der Waals surface area contributed by atoms with E-state index in [0.717, 1.165) is 17.1 Å². The van der Waals surface area contributed by atoms with Crippen molar-refractivity contribution in [2.75, 3.05) is 18.1 Å². The molecule has 0 aromatic carbocycles. The summed E-state index contributed by atoms with van der Waals surface area (Å²) >= 11 is 1.74. The summed E-state index contributed by atoms with van der Waals surface area (Å²) in [6.07, 6.45) is 0.663. The van der Waals surface area contributed by atoms with E-state index in [-0.39, 0.29) is 5.97 Å². The lowest BCUT2D eigenvalue weighted by molar-refractivity contribution is -0.144. The molecule has 0 radical (unpaired) electrons. The molecule has 0 aliphatic rings. The second-order valence-corrected chi connectivity index (χ2v) is 4.26. The first-order chi connectivity index (χ1) is 6.57. The summed E-state index contributed by atoms with van der Waals surface area (Å²) in [5.74, 6) is 1.49. The molecule has 3 nitrogen and oxygen atoms in total. The summed E-state index contributed by atoms with van der Waals surface area (Å²) in [5, 5.41) is 0. The Hall–Kier alpha value is -0.480. The first kappa shape index (κ1) is 13.5. The Morgan fingerprint density at radius 2 is 2.29 bits per heavy atom. The molecule has 0 aliphatic heterocycles. The second-order valence-electron chi connectivity index (χ2n) is 3.16. The fourth-order valence-electron chi connectivity index (χ4n) is 0.824. The quantitative estimate of drug-likeness (QED) is 0.399. The van der Waals surface area contributed by atoms with Crippen molar-refractivity contribution in [1.29, 1.82) is 0 Å². The highest BCUT2D eigenvalue weighted by Crippen LogP contribution is 2.08. The van der Waals surface area contributed by atoms with Gasteiger partial charge in [0.1, 0.15) is 6.04 Å². The summed E-state index contributed by atoms with van der Waals surface area (Å²) < 4.78 is 4.79. The number of thioether (sulfide) groups is 1. The fraction of sp³-hybridized carbons (Fsp3) is 0.700. The van der Waals surface area contributed by atoms with Crippen LogP contribution >= 0.6 is 11.8 Å². The first-order valence-electron chi connectivity index (χ1n) is 4.72. The molecule has 14 heavy (non-hydrogen) atoms. The number of esters is 1. The summed E-state index contributed by atoms with van der Waals surface area (Å²) in [7, 11) is 0. The van der Waals surface area contributed by atoms with E-state index in [4.69, 9.17) is 10.5 Å². The average molecular weight is 217 g/mol. The van der Waals surface area contributed by atoms with Crippen molar-refractivity contribution in [3.8, 4) is 0 Å². The van der Waals surface area contributed by atoms with E-state index in [2.05, 4.69) is 6.58 Å². The number of carbonyl (C=O) groups excluding carboxylic acids is 1. The highest BCUT2D eigenvalue weighted by Gasteiger charge is 2.13. The maximum absolute atomic E-state index is 11.1. The maximum Gasteiger partial charge on any atom is 0.322 e. The summed E-state index contributed by atoms with van der Waals surface area (Å²) in [6, 6.07) is -0.479. The molecule has 0 fully saturated rings. The van der Waals surface area contributed by atoms with Crippen molar-refractivity contribution in [2.45, 2.75) is 26.3 Å². The van der Waals surface area contributed by atoms with Gasteiger partial charge in [-0.15, -0.1) is 0 Å². The lowest BCUT2D eigenvalue weighted by Crippen LogP contribution is -2.32. The number of ether oxygens (including phenoxy) is 1. The topological polar surface area (TPSA) is 52.3 Å². The molecule has 4 heteroatoms. The predicted octanol–water partition coefficient (Wildman–Crippen LogP) is 1.58. The third-order valence-electron chi connectivity index (χ3n) is 1.51. The Balaban J connectivity index is 3.48. The zero-order valence-corrected chi connectivity index (χ0v) is 9.73. The summed E-state index contributed by atoms with van der Waals surface area (Å²) in [6.45, 7) is 7.95. The van der Waals surface area contributed by atoms with Crippen molar-refractivity contribution >= 4 is 17.7 Å². The first-order valence-corrected chi connectivity index (χ1v) is 5.87.